The van der Waals surface area contributed by atoms with Crippen LogP contribution >= 0.6 is 0 Å². The number of amides is 3. The minimum atomic E-state index is -0.674. The van der Waals surface area contributed by atoms with Crippen LogP contribution < -0.4 is 5.32 Å². The third-order valence-electron chi connectivity index (χ3n) is 4.71. The van der Waals surface area contributed by atoms with Gasteiger partial charge in [-0.25, -0.2) is 4.79 Å². The average Bonchev–Trinajstić information content (AvgIpc) is 2.94. The summed E-state index contributed by atoms with van der Waals surface area (Å²) in [6, 6.07) is 0.123. The second-order valence-corrected chi connectivity index (χ2v) is 6.43. The highest BCUT2D eigenvalue weighted by Gasteiger charge is 2.55. The third kappa shape index (κ3) is 2.04. The van der Waals surface area contributed by atoms with Crippen molar-refractivity contribution in [3.05, 3.63) is 12.2 Å². The van der Waals surface area contributed by atoms with Crippen molar-refractivity contribution in [3.63, 3.8) is 0 Å². The molecule has 0 aromatic rings. The molecule has 2 unspecified atom stereocenters. The molecule has 20 heavy (non-hydrogen) atoms. The van der Waals surface area contributed by atoms with E-state index in [4.69, 9.17) is 0 Å². The van der Waals surface area contributed by atoms with Gasteiger partial charge in [-0.15, -0.1) is 0 Å². The standard InChI is InChI=1S/C15H23N3O2/c1-11(2)18-13(19)15(16-14(18)20)8-9-17(10-15)12-6-4-3-5-7-12/h4,6,11-12H,3,5,7-10H2,1-2H3,(H,16,20). The summed E-state index contributed by atoms with van der Waals surface area (Å²) < 4.78 is 0. The third-order valence-corrected chi connectivity index (χ3v) is 4.71. The molecule has 1 spiro atoms. The molecule has 5 heteroatoms. The first-order valence-corrected chi connectivity index (χ1v) is 7.60. The van der Waals surface area contributed by atoms with Crippen molar-refractivity contribution in [1.82, 2.24) is 15.1 Å². The fraction of sp³-hybridized carbons (Fsp3) is 0.733. The number of nitrogens with zero attached hydrogens (tertiary/aromatic N) is 2. The summed E-state index contributed by atoms with van der Waals surface area (Å²) >= 11 is 0. The fourth-order valence-corrected chi connectivity index (χ4v) is 3.61. The van der Waals surface area contributed by atoms with Crippen molar-refractivity contribution in [2.75, 3.05) is 13.1 Å². The number of nitrogens with one attached hydrogen (secondary N) is 1. The van der Waals surface area contributed by atoms with Gasteiger partial charge in [0.1, 0.15) is 5.54 Å². The number of hydrogen-bond acceptors (Lipinski definition) is 3. The molecule has 0 aromatic carbocycles. The van der Waals surface area contributed by atoms with E-state index in [0.717, 1.165) is 25.8 Å². The number of carbonyl (C=O) groups is 2. The van der Waals surface area contributed by atoms with Crippen molar-refractivity contribution in [2.45, 2.75) is 57.2 Å². The van der Waals surface area contributed by atoms with Gasteiger partial charge in [0.05, 0.1) is 0 Å². The van der Waals surface area contributed by atoms with Crippen molar-refractivity contribution >= 4 is 11.9 Å². The Hall–Kier alpha value is -1.36. The molecule has 2 heterocycles. The van der Waals surface area contributed by atoms with Gasteiger partial charge in [0, 0.05) is 25.2 Å². The van der Waals surface area contributed by atoms with Crippen LogP contribution in [0.3, 0.4) is 0 Å². The Morgan fingerprint density at radius 1 is 1.40 bits per heavy atom. The molecule has 3 amide bonds. The number of carbonyl (C=O) groups excluding carboxylic acids is 2. The normalized spacial score (nSPS) is 34.5. The molecule has 110 valence electrons. The zero-order valence-corrected chi connectivity index (χ0v) is 12.3. The lowest BCUT2D eigenvalue weighted by Crippen LogP contribution is -2.50. The van der Waals surface area contributed by atoms with Gasteiger partial charge in [-0.1, -0.05) is 12.2 Å². The highest BCUT2D eigenvalue weighted by Crippen LogP contribution is 2.32. The van der Waals surface area contributed by atoms with E-state index in [1.54, 1.807) is 0 Å². The maximum Gasteiger partial charge on any atom is 0.325 e. The number of likely N-dealkylation sites (tertiary alicyclic amines) is 1. The maximum atomic E-state index is 12.6. The van der Waals surface area contributed by atoms with Crippen LogP contribution in [-0.4, -0.2) is 52.5 Å². The Bertz CT molecular complexity index is 460. The molecule has 0 bridgehead atoms. The average molecular weight is 277 g/mol. The first kappa shape index (κ1) is 13.6. The van der Waals surface area contributed by atoms with Gasteiger partial charge >= 0.3 is 6.03 Å². The minimum absolute atomic E-state index is 0.0419. The molecule has 2 aliphatic heterocycles. The highest BCUT2D eigenvalue weighted by atomic mass is 16.2. The van der Waals surface area contributed by atoms with E-state index in [0.29, 0.717) is 12.6 Å². The summed E-state index contributed by atoms with van der Waals surface area (Å²) in [4.78, 5) is 28.4. The molecule has 3 aliphatic rings. The minimum Gasteiger partial charge on any atom is -0.322 e. The summed E-state index contributed by atoms with van der Waals surface area (Å²) in [5.74, 6) is -0.0419. The zero-order chi connectivity index (χ0) is 14.3. The zero-order valence-electron chi connectivity index (χ0n) is 12.3. The quantitative estimate of drug-likeness (QED) is 0.615. The van der Waals surface area contributed by atoms with Crippen LogP contribution in [0.2, 0.25) is 0 Å². The molecule has 2 atom stereocenters. The van der Waals surface area contributed by atoms with Crippen molar-refractivity contribution in [1.29, 1.82) is 0 Å². The monoisotopic (exact) mass is 277 g/mol. The Morgan fingerprint density at radius 2 is 2.20 bits per heavy atom. The molecule has 2 saturated heterocycles. The first-order valence-electron chi connectivity index (χ1n) is 7.60. The Kier molecular flexibility index (Phi) is 3.32. The van der Waals surface area contributed by atoms with Gasteiger partial charge in [-0.2, -0.15) is 0 Å². The van der Waals surface area contributed by atoms with Crippen LogP contribution in [0.25, 0.3) is 0 Å². The van der Waals surface area contributed by atoms with E-state index in [2.05, 4.69) is 22.4 Å². The van der Waals surface area contributed by atoms with Gasteiger partial charge in [-0.05, 0) is 39.5 Å². The van der Waals surface area contributed by atoms with E-state index >= 15 is 0 Å². The topological polar surface area (TPSA) is 52.7 Å². The Labute approximate surface area is 120 Å². The van der Waals surface area contributed by atoms with E-state index in [9.17, 15) is 9.59 Å². The number of urea groups is 1. The molecule has 2 fully saturated rings. The van der Waals surface area contributed by atoms with E-state index in [-0.39, 0.29) is 18.0 Å². The van der Waals surface area contributed by atoms with E-state index in [1.807, 2.05) is 13.8 Å². The smallest absolute Gasteiger partial charge is 0.322 e. The molecule has 5 nitrogen and oxygen atoms in total. The van der Waals surface area contributed by atoms with Crippen LogP contribution in [0.5, 0.6) is 0 Å². The summed E-state index contributed by atoms with van der Waals surface area (Å²) in [5.41, 5.74) is -0.674. The molecule has 3 rings (SSSR count). The lowest BCUT2D eigenvalue weighted by atomic mass is 9.98. The van der Waals surface area contributed by atoms with Crippen molar-refractivity contribution < 1.29 is 9.59 Å². The largest absolute Gasteiger partial charge is 0.325 e. The van der Waals surface area contributed by atoms with Gasteiger partial charge in [0.2, 0.25) is 0 Å². The molecule has 0 aromatic heterocycles. The number of allylic oxidation sites excluding steroid dienone is 1. The van der Waals surface area contributed by atoms with Crippen LogP contribution in [0.4, 0.5) is 4.79 Å². The van der Waals surface area contributed by atoms with Crippen molar-refractivity contribution in [3.8, 4) is 0 Å². The Morgan fingerprint density at radius 3 is 2.80 bits per heavy atom. The van der Waals surface area contributed by atoms with E-state index < -0.39 is 5.54 Å². The molecule has 0 radical (unpaired) electrons. The van der Waals surface area contributed by atoms with Crippen LogP contribution in [-0.2, 0) is 4.79 Å². The Balaban J connectivity index is 1.75. The number of imide groups is 1. The predicted molar refractivity (Wildman–Crippen MR) is 76.2 cm³/mol. The predicted octanol–water partition coefficient (Wildman–Crippen LogP) is 1.50. The number of hydrogen-bond donors (Lipinski definition) is 1. The summed E-state index contributed by atoms with van der Waals surface area (Å²) in [6.07, 6.45) is 8.74. The lowest BCUT2D eigenvalue weighted by molar-refractivity contribution is -0.132. The highest BCUT2D eigenvalue weighted by molar-refractivity contribution is 6.07. The van der Waals surface area contributed by atoms with Crippen LogP contribution in [0.15, 0.2) is 12.2 Å². The second kappa shape index (κ2) is 4.88. The first-order chi connectivity index (χ1) is 9.53. The summed E-state index contributed by atoms with van der Waals surface area (Å²) in [7, 11) is 0. The van der Waals surface area contributed by atoms with Crippen LogP contribution in [0.1, 0.15) is 39.5 Å². The molecular formula is C15H23N3O2. The van der Waals surface area contributed by atoms with E-state index in [1.165, 1.54) is 11.3 Å². The molecule has 1 N–H and O–H groups in total. The lowest BCUT2D eigenvalue weighted by Gasteiger charge is -2.29. The van der Waals surface area contributed by atoms with Crippen LogP contribution in [0, 0.1) is 0 Å². The van der Waals surface area contributed by atoms with Crippen molar-refractivity contribution in [2.24, 2.45) is 0 Å². The summed E-state index contributed by atoms with van der Waals surface area (Å²) in [6.45, 7) is 5.29. The SMILES string of the molecule is CC(C)N1C(=O)NC2(CCN(C3C=CCCC3)C2)C1=O. The maximum absolute atomic E-state index is 12.6. The van der Waals surface area contributed by atoms with Gasteiger partial charge in [0.25, 0.3) is 5.91 Å². The van der Waals surface area contributed by atoms with Gasteiger partial charge in [0.15, 0.2) is 0 Å². The second-order valence-electron chi connectivity index (χ2n) is 6.43. The molecular weight excluding hydrogens is 254 g/mol. The van der Waals surface area contributed by atoms with Gasteiger partial charge < -0.3 is 5.32 Å². The number of rotatable bonds is 2. The van der Waals surface area contributed by atoms with Gasteiger partial charge in [-0.3, -0.25) is 14.6 Å². The molecule has 0 saturated carbocycles. The summed E-state index contributed by atoms with van der Waals surface area (Å²) in [5, 5.41) is 2.95. The fourth-order valence-electron chi connectivity index (χ4n) is 3.61. The molecule has 1 aliphatic carbocycles.